The quantitative estimate of drug-likeness (QED) is 0.276. The summed E-state index contributed by atoms with van der Waals surface area (Å²) in [5.41, 5.74) is -1.55. The molecule has 13 heteroatoms. The molecule has 41 heavy (non-hydrogen) atoms. The van der Waals surface area contributed by atoms with Gasteiger partial charge in [0.15, 0.2) is 17.5 Å². The van der Waals surface area contributed by atoms with E-state index in [0.717, 1.165) is 16.7 Å². The van der Waals surface area contributed by atoms with E-state index in [2.05, 4.69) is 15.3 Å². The van der Waals surface area contributed by atoms with Crippen molar-refractivity contribution in [1.29, 1.82) is 0 Å². The number of ether oxygens (including phenoxy) is 2. The Kier molecular flexibility index (Phi) is 7.34. The van der Waals surface area contributed by atoms with Gasteiger partial charge in [0, 0.05) is 22.2 Å². The average molecular weight is 566 g/mol. The van der Waals surface area contributed by atoms with Crippen LogP contribution in [0.15, 0.2) is 75.0 Å². The van der Waals surface area contributed by atoms with Gasteiger partial charge in [0.1, 0.15) is 11.5 Å². The minimum absolute atomic E-state index is 0.0769. The van der Waals surface area contributed by atoms with Crippen molar-refractivity contribution in [1.82, 2.24) is 19.1 Å². The van der Waals surface area contributed by atoms with Crippen molar-refractivity contribution in [3.63, 3.8) is 0 Å². The monoisotopic (exact) mass is 565 g/mol. The van der Waals surface area contributed by atoms with Crippen LogP contribution < -0.4 is 31.7 Å². The largest absolute Gasteiger partial charge is 0.497 e. The smallest absolute Gasteiger partial charge is 0.355 e. The van der Waals surface area contributed by atoms with Gasteiger partial charge in [-0.05, 0) is 66.2 Å². The molecule has 10 nitrogen and oxygen atoms in total. The molecule has 0 unspecified atom stereocenters. The van der Waals surface area contributed by atoms with E-state index in [-0.39, 0.29) is 17.1 Å². The normalized spacial score (nSPS) is 11.0. The van der Waals surface area contributed by atoms with Gasteiger partial charge >= 0.3 is 11.4 Å². The summed E-state index contributed by atoms with van der Waals surface area (Å²) in [4.78, 5) is 46.2. The first kappa shape index (κ1) is 27.2. The van der Waals surface area contributed by atoms with Crippen LogP contribution in [0.2, 0.25) is 0 Å². The molecule has 0 saturated carbocycles. The number of rotatable bonds is 8. The summed E-state index contributed by atoms with van der Waals surface area (Å²) >= 11 is 0. The summed E-state index contributed by atoms with van der Waals surface area (Å²) in [5, 5.41) is 3.44. The van der Waals surface area contributed by atoms with E-state index in [1.807, 2.05) is 0 Å². The molecule has 2 aromatic heterocycles. The fourth-order valence-corrected chi connectivity index (χ4v) is 4.23. The molecule has 5 rings (SSSR count). The Bertz CT molecular complexity index is 1930. The van der Waals surface area contributed by atoms with Crippen molar-refractivity contribution in [2.75, 3.05) is 19.5 Å². The number of nitrogens with one attached hydrogen (secondary N) is 2. The van der Waals surface area contributed by atoms with Crippen molar-refractivity contribution in [2.24, 2.45) is 0 Å². The van der Waals surface area contributed by atoms with Crippen LogP contribution in [0.1, 0.15) is 11.1 Å². The molecule has 0 aliphatic carbocycles. The number of hydrogen-bond donors (Lipinski definition) is 2. The van der Waals surface area contributed by atoms with Crippen LogP contribution in [0.3, 0.4) is 0 Å². The molecule has 2 N–H and O–H groups in total. The molecule has 0 saturated heterocycles. The average Bonchev–Trinajstić information content (AvgIpc) is 2.96. The molecule has 210 valence electrons. The Morgan fingerprint density at radius 1 is 0.829 bits per heavy atom. The molecule has 0 amide bonds. The standard InChI is InChI=1S/C28H22F3N5O5/c1-40-19-5-3-18(4-6-19)32-26-34-27(38)36(28(39)35(26)13-15-9-21(29)24(31)22(30)10-15)14-17-11-16-12-20(41-2)7-8-23(16)33-25(17)37/h3-12H,13-14H2,1-2H3,(H,33,37)(H,32,34,38). The lowest BCUT2D eigenvalue weighted by Crippen LogP contribution is -2.43. The Morgan fingerprint density at radius 3 is 2.15 bits per heavy atom. The number of methoxy groups -OCH3 is 2. The van der Waals surface area contributed by atoms with E-state index < -0.39 is 47.5 Å². The number of aromatic nitrogens is 4. The van der Waals surface area contributed by atoms with Crippen LogP contribution in [-0.4, -0.2) is 33.3 Å². The molecule has 0 bridgehead atoms. The zero-order valence-electron chi connectivity index (χ0n) is 21.7. The summed E-state index contributed by atoms with van der Waals surface area (Å²) < 4.78 is 53.5. The summed E-state index contributed by atoms with van der Waals surface area (Å²) in [7, 11) is 2.97. The molecule has 0 radical (unpaired) electrons. The third kappa shape index (κ3) is 5.55. The second-order valence-electron chi connectivity index (χ2n) is 8.98. The van der Waals surface area contributed by atoms with E-state index in [0.29, 0.717) is 32.7 Å². The van der Waals surface area contributed by atoms with Gasteiger partial charge in [0.05, 0.1) is 27.3 Å². The summed E-state index contributed by atoms with van der Waals surface area (Å²) in [6.45, 7) is -0.938. The molecule has 5 aromatic rings. The van der Waals surface area contributed by atoms with E-state index in [4.69, 9.17) is 9.47 Å². The van der Waals surface area contributed by atoms with Gasteiger partial charge in [-0.15, -0.1) is 0 Å². The van der Waals surface area contributed by atoms with E-state index >= 15 is 0 Å². The fraction of sp³-hybridized carbons (Fsp3) is 0.143. The van der Waals surface area contributed by atoms with Crippen LogP contribution in [0.5, 0.6) is 11.5 Å². The minimum atomic E-state index is -1.66. The lowest BCUT2D eigenvalue weighted by atomic mass is 10.1. The zero-order valence-corrected chi connectivity index (χ0v) is 21.7. The number of anilines is 2. The van der Waals surface area contributed by atoms with Crippen molar-refractivity contribution in [3.8, 4) is 11.5 Å². The first-order valence-corrected chi connectivity index (χ1v) is 12.1. The first-order chi connectivity index (χ1) is 19.7. The van der Waals surface area contributed by atoms with Gasteiger partial charge < -0.3 is 19.8 Å². The van der Waals surface area contributed by atoms with Gasteiger partial charge in [-0.25, -0.2) is 27.3 Å². The van der Waals surface area contributed by atoms with Crippen LogP contribution in [-0.2, 0) is 13.1 Å². The van der Waals surface area contributed by atoms with Crippen molar-refractivity contribution in [3.05, 3.63) is 121 Å². The van der Waals surface area contributed by atoms with E-state index in [1.54, 1.807) is 42.5 Å². The molecule has 0 fully saturated rings. The van der Waals surface area contributed by atoms with Gasteiger partial charge in [-0.1, -0.05) is 0 Å². The molecule has 0 aliphatic heterocycles. The maximum atomic E-state index is 14.0. The highest BCUT2D eigenvalue weighted by atomic mass is 19.2. The molecule has 0 spiro atoms. The van der Waals surface area contributed by atoms with Gasteiger partial charge in [-0.2, -0.15) is 4.98 Å². The summed E-state index contributed by atoms with van der Waals surface area (Å²) in [6.07, 6.45) is 0. The number of nitrogens with zero attached hydrogens (tertiary/aromatic N) is 3. The van der Waals surface area contributed by atoms with Crippen molar-refractivity contribution in [2.45, 2.75) is 13.1 Å². The van der Waals surface area contributed by atoms with Crippen molar-refractivity contribution >= 4 is 22.5 Å². The number of H-pyrrole nitrogens is 1. The Hall–Kier alpha value is -5.33. The number of aromatic amines is 1. The number of hydrogen-bond acceptors (Lipinski definition) is 7. The predicted octanol–water partition coefficient (Wildman–Crippen LogP) is 3.52. The topological polar surface area (TPSA) is 120 Å². The zero-order chi connectivity index (χ0) is 29.3. The number of benzene rings is 3. The maximum Gasteiger partial charge on any atom is 0.355 e. The Balaban J connectivity index is 1.62. The second kappa shape index (κ2) is 11.0. The van der Waals surface area contributed by atoms with Crippen LogP contribution in [0.4, 0.5) is 24.8 Å². The van der Waals surface area contributed by atoms with Gasteiger partial charge in [0.2, 0.25) is 5.95 Å². The van der Waals surface area contributed by atoms with Gasteiger partial charge in [-0.3, -0.25) is 9.36 Å². The number of halogens is 3. The molecule has 0 aliphatic rings. The molecular formula is C28H22F3N5O5. The maximum absolute atomic E-state index is 14.0. The molecule has 0 atom stereocenters. The lowest BCUT2D eigenvalue weighted by molar-refractivity contribution is 0.415. The second-order valence-corrected chi connectivity index (χ2v) is 8.98. The Morgan fingerprint density at radius 2 is 1.49 bits per heavy atom. The summed E-state index contributed by atoms with van der Waals surface area (Å²) in [5.74, 6) is -3.72. The third-order valence-corrected chi connectivity index (χ3v) is 6.34. The highest BCUT2D eigenvalue weighted by Gasteiger charge is 2.18. The molecular weight excluding hydrogens is 543 g/mol. The number of fused-ring (bicyclic) bond motifs is 1. The SMILES string of the molecule is COc1ccc(Nc2nc(=O)n(Cc3cc4cc(OC)ccc4[nH]c3=O)c(=O)n2Cc2cc(F)c(F)c(F)c2)cc1. The third-order valence-electron chi connectivity index (χ3n) is 6.34. The first-order valence-electron chi connectivity index (χ1n) is 12.1. The molecule has 2 heterocycles. The van der Waals surface area contributed by atoms with E-state index in [9.17, 15) is 27.6 Å². The Labute approximate surface area is 229 Å². The minimum Gasteiger partial charge on any atom is -0.497 e. The summed E-state index contributed by atoms with van der Waals surface area (Å²) in [6, 6.07) is 14.4. The predicted molar refractivity (Wildman–Crippen MR) is 145 cm³/mol. The van der Waals surface area contributed by atoms with Gasteiger partial charge in [0.25, 0.3) is 5.56 Å². The van der Waals surface area contributed by atoms with Crippen LogP contribution in [0, 0.1) is 17.5 Å². The number of pyridine rings is 1. The van der Waals surface area contributed by atoms with Crippen LogP contribution >= 0.6 is 0 Å². The fourth-order valence-electron chi connectivity index (χ4n) is 4.23. The highest BCUT2D eigenvalue weighted by molar-refractivity contribution is 5.80. The van der Waals surface area contributed by atoms with E-state index in [1.165, 1.54) is 20.3 Å². The lowest BCUT2D eigenvalue weighted by Gasteiger charge is -2.16. The van der Waals surface area contributed by atoms with Crippen LogP contribution in [0.25, 0.3) is 10.9 Å². The highest BCUT2D eigenvalue weighted by Crippen LogP contribution is 2.21. The van der Waals surface area contributed by atoms with Crippen molar-refractivity contribution < 1.29 is 22.6 Å². The molecule has 3 aromatic carbocycles.